The summed E-state index contributed by atoms with van der Waals surface area (Å²) in [4.78, 5) is 0. The van der Waals surface area contributed by atoms with Crippen LogP contribution in [-0.4, -0.2) is 32.1 Å². The Hall–Kier alpha value is -0.0900. The van der Waals surface area contributed by atoms with Crippen molar-refractivity contribution in [1.82, 2.24) is 4.31 Å². The minimum atomic E-state index is -3.01. The molecule has 0 heterocycles. The number of hydrogen-bond donors (Lipinski definition) is 0. The Morgan fingerprint density at radius 3 is 1.64 bits per heavy atom. The maximum absolute atomic E-state index is 11.0. The normalized spacial score (nSPS) is 15.9. The smallest absolute Gasteiger partial charge is 0.211 e. The molecule has 0 aromatic carbocycles. The SMILES string of the molecule is CC(C)[C@H](C)N(C)S(C)(=O)=O. The van der Waals surface area contributed by atoms with E-state index in [1.54, 1.807) is 7.05 Å². The van der Waals surface area contributed by atoms with Crippen molar-refractivity contribution in [2.75, 3.05) is 13.3 Å². The largest absolute Gasteiger partial charge is 0.213 e. The molecule has 0 rings (SSSR count). The summed E-state index contributed by atoms with van der Waals surface area (Å²) < 4.78 is 23.4. The van der Waals surface area contributed by atoms with Crippen LogP contribution in [0.25, 0.3) is 0 Å². The summed E-state index contributed by atoms with van der Waals surface area (Å²) in [6.07, 6.45) is 1.23. The molecule has 0 saturated carbocycles. The summed E-state index contributed by atoms with van der Waals surface area (Å²) in [6.45, 7) is 5.92. The Bertz CT molecular complexity index is 208. The van der Waals surface area contributed by atoms with Crippen LogP contribution < -0.4 is 0 Å². The van der Waals surface area contributed by atoms with Gasteiger partial charge in [0, 0.05) is 13.1 Å². The summed E-state index contributed by atoms with van der Waals surface area (Å²) in [5.41, 5.74) is 0. The molecule has 1 atom stereocenters. The Balaban J connectivity index is 4.38. The first-order valence-electron chi connectivity index (χ1n) is 3.69. The molecule has 0 aliphatic carbocycles. The van der Waals surface area contributed by atoms with Gasteiger partial charge < -0.3 is 0 Å². The van der Waals surface area contributed by atoms with Crippen molar-refractivity contribution in [3.8, 4) is 0 Å². The predicted octanol–water partition coefficient (Wildman–Crippen LogP) is 0.922. The van der Waals surface area contributed by atoms with E-state index in [9.17, 15) is 8.42 Å². The van der Waals surface area contributed by atoms with Gasteiger partial charge in [0.2, 0.25) is 10.0 Å². The fraction of sp³-hybridized carbons (Fsp3) is 1.00. The van der Waals surface area contributed by atoms with E-state index >= 15 is 0 Å². The third kappa shape index (κ3) is 3.20. The molecular formula is C7H17NO2S. The number of hydrogen-bond acceptors (Lipinski definition) is 2. The van der Waals surface area contributed by atoms with Crippen LogP contribution in [0, 0.1) is 5.92 Å². The lowest BCUT2D eigenvalue weighted by Gasteiger charge is -2.25. The maximum Gasteiger partial charge on any atom is 0.211 e. The van der Waals surface area contributed by atoms with E-state index in [2.05, 4.69) is 0 Å². The van der Waals surface area contributed by atoms with Gasteiger partial charge in [0.05, 0.1) is 6.26 Å². The molecule has 0 radical (unpaired) electrons. The molecular weight excluding hydrogens is 162 g/mol. The van der Waals surface area contributed by atoms with Gasteiger partial charge in [0.25, 0.3) is 0 Å². The Labute approximate surface area is 69.4 Å². The second kappa shape index (κ2) is 3.54. The van der Waals surface area contributed by atoms with Crippen molar-refractivity contribution in [3.05, 3.63) is 0 Å². The Kier molecular flexibility index (Phi) is 3.51. The number of rotatable bonds is 3. The number of sulfonamides is 1. The minimum Gasteiger partial charge on any atom is -0.213 e. The first-order valence-corrected chi connectivity index (χ1v) is 5.54. The van der Waals surface area contributed by atoms with Gasteiger partial charge in [-0.3, -0.25) is 0 Å². The molecule has 11 heavy (non-hydrogen) atoms. The van der Waals surface area contributed by atoms with Crippen molar-refractivity contribution >= 4 is 10.0 Å². The van der Waals surface area contributed by atoms with Gasteiger partial charge in [0.15, 0.2) is 0 Å². The van der Waals surface area contributed by atoms with E-state index < -0.39 is 10.0 Å². The summed E-state index contributed by atoms with van der Waals surface area (Å²) in [6, 6.07) is 0.0741. The molecule has 0 aliphatic heterocycles. The van der Waals surface area contributed by atoms with Gasteiger partial charge in [-0.05, 0) is 12.8 Å². The lowest BCUT2D eigenvalue weighted by molar-refractivity contribution is 0.318. The highest BCUT2D eigenvalue weighted by Crippen LogP contribution is 2.10. The van der Waals surface area contributed by atoms with Crippen molar-refractivity contribution in [1.29, 1.82) is 0 Å². The highest BCUT2D eigenvalue weighted by atomic mass is 32.2. The summed E-state index contributed by atoms with van der Waals surface area (Å²) in [7, 11) is -1.40. The minimum absolute atomic E-state index is 0.0741. The molecule has 0 unspecified atom stereocenters. The zero-order chi connectivity index (χ0) is 9.23. The number of nitrogens with zero attached hydrogens (tertiary/aromatic N) is 1. The Morgan fingerprint density at radius 2 is 1.55 bits per heavy atom. The average molecular weight is 179 g/mol. The highest BCUT2D eigenvalue weighted by molar-refractivity contribution is 7.88. The monoisotopic (exact) mass is 179 g/mol. The molecule has 0 aliphatic rings. The third-order valence-corrected chi connectivity index (χ3v) is 3.44. The summed E-state index contributed by atoms with van der Waals surface area (Å²) in [5, 5.41) is 0. The van der Waals surface area contributed by atoms with Crippen molar-refractivity contribution < 1.29 is 8.42 Å². The predicted molar refractivity (Wildman–Crippen MR) is 46.9 cm³/mol. The van der Waals surface area contributed by atoms with Gasteiger partial charge >= 0.3 is 0 Å². The van der Waals surface area contributed by atoms with Crippen LogP contribution in [0.15, 0.2) is 0 Å². The first-order chi connectivity index (χ1) is 4.76. The zero-order valence-corrected chi connectivity index (χ0v) is 8.64. The zero-order valence-electron chi connectivity index (χ0n) is 7.83. The van der Waals surface area contributed by atoms with Crippen molar-refractivity contribution in [2.45, 2.75) is 26.8 Å². The lowest BCUT2D eigenvalue weighted by Crippen LogP contribution is -2.37. The fourth-order valence-electron chi connectivity index (χ4n) is 0.722. The molecule has 0 N–H and O–H groups in total. The van der Waals surface area contributed by atoms with Crippen LogP contribution in [0.2, 0.25) is 0 Å². The van der Waals surface area contributed by atoms with E-state index in [1.807, 2.05) is 20.8 Å². The fourth-order valence-corrected chi connectivity index (χ4v) is 1.57. The van der Waals surface area contributed by atoms with E-state index in [0.29, 0.717) is 5.92 Å². The lowest BCUT2D eigenvalue weighted by atomic mass is 10.1. The van der Waals surface area contributed by atoms with E-state index in [-0.39, 0.29) is 6.04 Å². The van der Waals surface area contributed by atoms with E-state index in [0.717, 1.165) is 0 Å². The second-order valence-electron chi connectivity index (χ2n) is 3.26. The van der Waals surface area contributed by atoms with Crippen molar-refractivity contribution in [2.24, 2.45) is 5.92 Å². The maximum atomic E-state index is 11.0. The third-order valence-electron chi connectivity index (χ3n) is 2.06. The van der Waals surface area contributed by atoms with E-state index in [4.69, 9.17) is 0 Å². The molecule has 4 heteroatoms. The first kappa shape index (κ1) is 10.9. The van der Waals surface area contributed by atoms with Gasteiger partial charge in [-0.1, -0.05) is 13.8 Å². The van der Waals surface area contributed by atoms with E-state index in [1.165, 1.54) is 10.6 Å². The molecule has 0 amide bonds. The molecule has 3 nitrogen and oxygen atoms in total. The van der Waals surface area contributed by atoms with Gasteiger partial charge in [-0.25, -0.2) is 12.7 Å². The van der Waals surface area contributed by atoms with Gasteiger partial charge in [-0.15, -0.1) is 0 Å². The standard InChI is InChI=1S/C7H17NO2S/c1-6(2)7(3)8(4)11(5,9)10/h6-7H,1-5H3/t7-/m0/s1. The van der Waals surface area contributed by atoms with Crippen LogP contribution in [0.1, 0.15) is 20.8 Å². The molecule has 0 aromatic heterocycles. The van der Waals surface area contributed by atoms with Crippen LogP contribution >= 0.6 is 0 Å². The summed E-state index contributed by atoms with van der Waals surface area (Å²) >= 11 is 0. The van der Waals surface area contributed by atoms with Gasteiger partial charge in [-0.2, -0.15) is 0 Å². The average Bonchev–Trinajstić information content (AvgIpc) is 1.82. The molecule has 0 fully saturated rings. The molecule has 0 spiro atoms. The van der Waals surface area contributed by atoms with Gasteiger partial charge in [0.1, 0.15) is 0 Å². The van der Waals surface area contributed by atoms with Crippen LogP contribution in [-0.2, 0) is 10.0 Å². The second-order valence-corrected chi connectivity index (χ2v) is 5.31. The van der Waals surface area contributed by atoms with Crippen molar-refractivity contribution in [3.63, 3.8) is 0 Å². The van der Waals surface area contributed by atoms with Crippen LogP contribution in [0.3, 0.4) is 0 Å². The van der Waals surface area contributed by atoms with Crippen LogP contribution in [0.4, 0.5) is 0 Å². The molecule has 0 bridgehead atoms. The van der Waals surface area contributed by atoms with Crippen LogP contribution in [0.5, 0.6) is 0 Å². The Morgan fingerprint density at radius 1 is 1.18 bits per heavy atom. The topological polar surface area (TPSA) is 37.4 Å². The molecule has 0 saturated heterocycles. The molecule has 0 aromatic rings. The molecule has 68 valence electrons. The highest BCUT2D eigenvalue weighted by Gasteiger charge is 2.20. The summed E-state index contributed by atoms with van der Waals surface area (Å²) in [5.74, 6) is 0.356. The quantitative estimate of drug-likeness (QED) is 0.646.